The Hall–Kier alpha value is -4.80. The number of hydrogen-bond donors (Lipinski definition) is 2. The Morgan fingerprint density at radius 3 is 2.52 bits per heavy atom. The van der Waals surface area contributed by atoms with Crippen LogP contribution in [-0.4, -0.2) is 37.5 Å². The van der Waals surface area contributed by atoms with Gasteiger partial charge in [0.05, 0.1) is 23.5 Å². The Bertz CT molecular complexity index is 2030. The van der Waals surface area contributed by atoms with Gasteiger partial charge in [0.2, 0.25) is 0 Å². The van der Waals surface area contributed by atoms with Crippen LogP contribution in [0.4, 0.5) is 10.6 Å². The lowest BCUT2D eigenvalue weighted by atomic mass is 9.92. The third kappa shape index (κ3) is 6.59. The lowest BCUT2D eigenvalue weighted by Crippen LogP contribution is -2.29. The number of urea groups is 1. The maximum Gasteiger partial charge on any atom is 0.320 e. The van der Waals surface area contributed by atoms with Gasteiger partial charge < -0.3 is 10.1 Å². The average molecular weight is 652 g/mol. The van der Waals surface area contributed by atoms with Crippen molar-refractivity contribution in [3.05, 3.63) is 113 Å². The molecular formula is C35H34ClN7O2S. The number of benzene rings is 3. The van der Waals surface area contributed by atoms with E-state index < -0.39 is 0 Å². The predicted molar refractivity (Wildman–Crippen MR) is 183 cm³/mol. The van der Waals surface area contributed by atoms with E-state index in [9.17, 15) is 4.79 Å². The molecule has 0 bridgehead atoms. The SMILES string of the molecule is COc1cccc(-c2nnc3ccc(Sc4ccccc4CNC(=O)Nc4cc(C(C)(C)C)nn4-c4ccc(C)cc4)cn23)c1Cl. The average Bonchev–Trinajstić information content (AvgIpc) is 3.66. The molecule has 0 saturated heterocycles. The standard InChI is InChI=1S/C35H34ClN7O2S/c1-22-13-15-24(16-14-22)43-31(19-29(41-43)35(2,3)4)38-34(44)37-20-23-9-6-7-12-28(23)46-25-17-18-30-39-40-33(42(30)21-25)26-10-8-11-27(45-5)32(26)36/h6-19,21H,20H2,1-5H3,(H2,37,38,44). The van der Waals surface area contributed by atoms with E-state index in [4.69, 9.17) is 21.4 Å². The number of halogens is 1. The van der Waals surface area contributed by atoms with Crippen LogP contribution in [0, 0.1) is 6.92 Å². The number of nitrogens with one attached hydrogen (secondary N) is 2. The molecular weight excluding hydrogens is 618 g/mol. The van der Waals surface area contributed by atoms with Crippen LogP contribution in [0.2, 0.25) is 5.02 Å². The minimum atomic E-state index is -0.320. The summed E-state index contributed by atoms with van der Waals surface area (Å²) in [4.78, 5) is 15.2. The summed E-state index contributed by atoms with van der Waals surface area (Å²) in [7, 11) is 1.58. The van der Waals surface area contributed by atoms with Gasteiger partial charge in [-0.15, -0.1) is 10.2 Å². The van der Waals surface area contributed by atoms with Gasteiger partial charge in [-0.2, -0.15) is 5.10 Å². The number of carbonyl (C=O) groups excluding carboxylic acids is 1. The summed E-state index contributed by atoms with van der Waals surface area (Å²) in [5.41, 5.74) is 5.13. The van der Waals surface area contributed by atoms with Crippen LogP contribution in [0.15, 0.2) is 101 Å². The summed E-state index contributed by atoms with van der Waals surface area (Å²) in [6.45, 7) is 8.67. The molecule has 0 fully saturated rings. The molecule has 3 heterocycles. The fraction of sp³-hybridized carbons (Fsp3) is 0.200. The normalized spacial score (nSPS) is 11.5. The summed E-state index contributed by atoms with van der Waals surface area (Å²) in [5, 5.41) is 20.1. The molecule has 6 aromatic rings. The number of fused-ring (bicyclic) bond motifs is 1. The summed E-state index contributed by atoms with van der Waals surface area (Å²) in [5.74, 6) is 1.79. The fourth-order valence-corrected chi connectivity index (χ4v) is 6.14. The Kier molecular flexibility index (Phi) is 8.75. The Balaban J connectivity index is 1.20. The van der Waals surface area contributed by atoms with E-state index in [1.54, 1.807) is 23.6 Å². The highest BCUT2D eigenvalue weighted by atomic mass is 35.5. The van der Waals surface area contributed by atoms with Gasteiger partial charge in [-0.05, 0) is 55.0 Å². The first kappa shape index (κ1) is 31.2. The number of amides is 2. The van der Waals surface area contributed by atoms with Crippen LogP contribution >= 0.6 is 23.4 Å². The number of aryl methyl sites for hydroxylation is 1. The molecule has 46 heavy (non-hydrogen) atoms. The van der Waals surface area contributed by atoms with Crippen LogP contribution in [0.1, 0.15) is 37.6 Å². The highest BCUT2D eigenvalue weighted by Gasteiger charge is 2.22. The molecule has 2 N–H and O–H groups in total. The van der Waals surface area contributed by atoms with Gasteiger partial charge in [0.15, 0.2) is 11.5 Å². The number of nitrogens with zero attached hydrogens (tertiary/aromatic N) is 5. The second-order valence-electron chi connectivity index (χ2n) is 11.9. The first-order valence-electron chi connectivity index (χ1n) is 14.8. The van der Waals surface area contributed by atoms with Crippen molar-refractivity contribution in [1.29, 1.82) is 0 Å². The third-order valence-electron chi connectivity index (χ3n) is 7.44. The lowest BCUT2D eigenvalue weighted by molar-refractivity contribution is 0.251. The molecule has 6 rings (SSSR count). The summed E-state index contributed by atoms with van der Waals surface area (Å²) in [6, 6.07) is 27.2. The van der Waals surface area contributed by atoms with E-state index in [1.165, 1.54) is 0 Å². The van der Waals surface area contributed by atoms with E-state index in [2.05, 4.69) is 41.6 Å². The van der Waals surface area contributed by atoms with E-state index in [0.717, 1.165) is 37.9 Å². The van der Waals surface area contributed by atoms with Crippen molar-refractivity contribution < 1.29 is 9.53 Å². The molecule has 0 aliphatic rings. The molecule has 0 spiro atoms. The number of rotatable bonds is 8. The van der Waals surface area contributed by atoms with Crippen LogP contribution in [0.5, 0.6) is 5.75 Å². The second kappa shape index (κ2) is 12.9. The van der Waals surface area contributed by atoms with Gasteiger partial charge in [-0.1, -0.05) is 86.1 Å². The van der Waals surface area contributed by atoms with E-state index >= 15 is 0 Å². The van der Waals surface area contributed by atoms with Crippen molar-refractivity contribution >= 4 is 40.9 Å². The summed E-state index contributed by atoms with van der Waals surface area (Å²) in [6.07, 6.45) is 1.99. The first-order valence-corrected chi connectivity index (χ1v) is 16.0. The molecule has 11 heteroatoms. The molecule has 0 radical (unpaired) electrons. The van der Waals surface area contributed by atoms with Gasteiger partial charge in [-0.25, -0.2) is 9.48 Å². The molecule has 0 aliphatic heterocycles. The predicted octanol–water partition coefficient (Wildman–Crippen LogP) is 8.32. The molecule has 234 valence electrons. The van der Waals surface area contributed by atoms with Gasteiger partial charge >= 0.3 is 6.03 Å². The Morgan fingerprint density at radius 2 is 1.76 bits per heavy atom. The molecule has 9 nitrogen and oxygen atoms in total. The van der Waals surface area contributed by atoms with Gasteiger partial charge in [-0.3, -0.25) is 9.72 Å². The highest BCUT2D eigenvalue weighted by Crippen LogP contribution is 2.36. The molecule has 0 unspecified atom stereocenters. The Labute approximate surface area is 277 Å². The largest absolute Gasteiger partial charge is 0.495 e. The van der Waals surface area contributed by atoms with Crippen LogP contribution in [0.3, 0.4) is 0 Å². The van der Waals surface area contributed by atoms with Crippen molar-refractivity contribution in [1.82, 2.24) is 29.7 Å². The monoisotopic (exact) mass is 651 g/mol. The molecule has 0 saturated carbocycles. The molecule has 2 amide bonds. The van der Waals surface area contributed by atoms with Gasteiger partial charge in [0.25, 0.3) is 0 Å². The Morgan fingerprint density at radius 1 is 0.978 bits per heavy atom. The van der Waals surface area contributed by atoms with Crippen LogP contribution < -0.4 is 15.4 Å². The van der Waals surface area contributed by atoms with E-state index in [0.29, 0.717) is 34.6 Å². The number of carbonyl (C=O) groups is 1. The van der Waals surface area contributed by atoms with Crippen molar-refractivity contribution in [2.45, 2.75) is 49.4 Å². The van der Waals surface area contributed by atoms with Crippen molar-refractivity contribution in [2.75, 3.05) is 12.4 Å². The van der Waals surface area contributed by atoms with Crippen LogP contribution in [-0.2, 0) is 12.0 Å². The number of pyridine rings is 1. The van der Waals surface area contributed by atoms with Crippen LogP contribution in [0.25, 0.3) is 22.7 Å². The molecule has 3 aromatic carbocycles. The third-order valence-corrected chi connectivity index (χ3v) is 8.92. The van der Waals surface area contributed by atoms with E-state index in [-0.39, 0.29) is 11.4 Å². The summed E-state index contributed by atoms with van der Waals surface area (Å²) < 4.78 is 9.09. The number of methoxy groups -OCH3 is 1. The maximum absolute atomic E-state index is 13.2. The summed E-state index contributed by atoms with van der Waals surface area (Å²) >= 11 is 8.20. The molecule has 0 atom stereocenters. The topological polar surface area (TPSA) is 98.4 Å². The minimum Gasteiger partial charge on any atom is -0.495 e. The molecule has 3 aromatic heterocycles. The van der Waals surface area contributed by atoms with Gasteiger partial charge in [0.1, 0.15) is 11.6 Å². The lowest BCUT2D eigenvalue weighted by Gasteiger charge is -2.14. The number of aromatic nitrogens is 5. The smallest absolute Gasteiger partial charge is 0.320 e. The highest BCUT2D eigenvalue weighted by molar-refractivity contribution is 7.99. The second-order valence-corrected chi connectivity index (χ2v) is 13.4. The minimum absolute atomic E-state index is 0.185. The first-order chi connectivity index (χ1) is 22.1. The van der Waals surface area contributed by atoms with Gasteiger partial charge in [0, 0.05) is 39.6 Å². The van der Waals surface area contributed by atoms with Crippen molar-refractivity contribution in [3.63, 3.8) is 0 Å². The fourth-order valence-electron chi connectivity index (χ4n) is 4.89. The van der Waals surface area contributed by atoms with E-state index in [1.807, 2.05) is 102 Å². The zero-order valence-corrected chi connectivity index (χ0v) is 27.8. The quantitative estimate of drug-likeness (QED) is 0.172. The molecule has 0 aliphatic carbocycles. The maximum atomic E-state index is 13.2. The number of hydrogen-bond acceptors (Lipinski definition) is 6. The van der Waals surface area contributed by atoms with Crippen molar-refractivity contribution in [3.8, 4) is 22.8 Å². The zero-order chi connectivity index (χ0) is 32.4. The number of anilines is 1. The number of ether oxygens (including phenoxy) is 1. The zero-order valence-electron chi connectivity index (χ0n) is 26.2. The van der Waals surface area contributed by atoms with Crippen molar-refractivity contribution in [2.24, 2.45) is 0 Å².